The van der Waals surface area contributed by atoms with Gasteiger partial charge in [0.25, 0.3) is 0 Å². The van der Waals surface area contributed by atoms with E-state index in [9.17, 15) is 9.59 Å². The third-order valence-electron chi connectivity index (χ3n) is 3.65. The van der Waals surface area contributed by atoms with Crippen molar-refractivity contribution < 1.29 is 9.59 Å². The molecule has 1 N–H and O–H groups in total. The van der Waals surface area contributed by atoms with E-state index in [-0.39, 0.29) is 30.3 Å². The lowest BCUT2D eigenvalue weighted by molar-refractivity contribution is -0.140. The van der Waals surface area contributed by atoms with Gasteiger partial charge in [0.15, 0.2) is 0 Å². The number of piperidine rings is 1. The van der Waals surface area contributed by atoms with Gasteiger partial charge >= 0.3 is 0 Å². The summed E-state index contributed by atoms with van der Waals surface area (Å²) in [5, 5.41) is 3.28. The number of rotatable bonds is 1. The first-order valence-electron chi connectivity index (χ1n) is 6.46. The number of nitrogens with zero attached hydrogens (tertiary/aromatic N) is 2. The number of nitrogens with one attached hydrogen (secondary N) is 1. The highest BCUT2D eigenvalue weighted by molar-refractivity contribution is 5.85. The molecule has 2 rings (SSSR count). The molecule has 18 heavy (non-hydrogen) atoms. The monoisotopic (exact) mass is 275 g/mol. The van der Waals surface area contributed by atoms with E-state index in [1.54, 1.807) is 11.8 Å². The average molecular weight is 276 g/mol. The summed E-state index contributed by atoms with van der Waals surface area (Å²) < 4.78 is 0. The molecule has 2 amide bonds. The summed E-state index contributed by atoms with van der Waals surface area (Å²) in [6.45, 7) is 5.23. The van der Waals surface area contributed by atoms with E-state index in [1.807, 2.05) is 4.90 Å². The molecule has 1 atom stereocenters. The van der Waals surface area contributed by atoms with Crippen molar-refractivity contribution in [2.75, 3.05) is 32.7 Å². The topological polar surface area (TPSA) is 52.7 Å². The second-order valence-electron chi connectivity index (χ2n) is 4.83. The van der Waals surface area contributed by atoms with Gasteiger partial charge in [-0.15, -0.1) is 12.4 Å². The molecule has 6 heteroatoms. The predicted molar refractivity (Wildman–Crippen MR) is 71.7 cm³/mol. The van der Waals surface area contributed by atoms with Crippen LogP contribution in [0.15, 0.2) is 0 Å². The molecule has 5 nitrogen and oxygen atoms in total. The van der Waals surface area contributed by atoms with Gasteiger partial charge in [-0.05, 0) is 19.4 Å². The van der Waals surface area contributed by atoms with E-state index in [0.717, 1.165) is 19.4 Å². The van der Waals surface area contributed by atoms with Gasteiger partial charge < -0.3 is 15.1 Å². The standard InChI is InChI=1S/C12H21N3O2.ClH/c1-10(16)14-6-8-15(9-7-14)12(17)11-4-2-3-5-13-11;/h11,13H,2-9H2,1H3;1H/t11-;/m1./s1. The van der Waals surface area contributed by atoms with Crippen LogP contribution in [0.5, 0.6) is 0 Å². The Bertz CT molecular complexity index is 298. The molecule has 2 aliphatic rings. The minimum absolute atomic E-state index is 0. The van der Waals surface area contributed by atoms with Crippen molar-refractivity contribution in [1.29, 1.82) is 0 Å². The molecule has 0 aliphatic carbocycles. The van der Waals surface area contributed by atoms with Gasteiger partial charge in [-0.3, -0.25) is 9.59 Å². The Morgan fingerprint density at radius 2 is 1.67 bits per heavy atom. The first-order valence-corrected chi connectivity index (χ1v) is 6.46. The van der Waals surface area contributed by atoms with Crippen molar-refractivity contribution in [3.05, 3.63) is 0 Å². The zero-order chi connectivity index (χ0) is 12.3. The van der Waals surface area contributed by atoms with Crippen LogP contribution < -0.4 is 5.32 Å². The third kappa shape index (κ3) is 3.59. The van der Waals surface area contributed by atoms with Crippen molar-refractivity contribution in [1.82, 2.24) is 15.1 Å². The molecule has 2 saturated heterocycles. The maximum atomic E-state index is 12.2. The van der Waals surface area contributed by atoms with Gasteiger partial charge in [0.2, 0.25) is 11.8 Å². The van der Waals surface area contributed by atoms with Crippen molar-refractivity contribution in [2.24, 2.45) is 0 Å². The van der Waals surface area contributed by atoms with Crippen LogP contribution in [0, 0.1) is 0 Å². The smallest absolute Gasteiger partial charge is 0.239 e. The van der Waals surface area contributed by atoms with Crippen LogP contribution in [0.1, 0.15) is 26.2 Å². The summed E-state index contributed by atoms with van der Waals surface area (Å²) in [6, 6.07) is 0.00706. The Morgan fingerprint density at radius 3 is 2.17 bits per heavy atom. The number of piperazine rings is 1. The SMILES string of the molecule is CC(=O)N1CCN(C(=O)[C@H]2CCCCN2)CC1.Cl. The van der Waals surface area contributed by atoms with Gasteiger partial charge in [-0.25, -0.2) is 0 Å². The molecule has 0 bridgehead atoms. The van der Waals surface area contributed by atoms with E-state index in [4.69, 9.17) is 0 Å². The lowest BCUT2D eigenvalue weighted by Gasteiger charge is -2.36. The van der Waals surface area contributed by atoms with Crippen LogP contribution in [0.3, 0.4) is 0 Å². The van der Waals surface area contributed by atoms with E-state index in [0.29, 0.717) is 26.2 Å². The lowest BCUT2D eigenvalue weighted by atomic mass is 10.0. The number of carbonyl (C=O) groups excluding carboxylic acids is 2. The maximum Gasteiger partial charge on any atom is 0.239 e. The number of hydrogen-bond donors (Lipinski definition) is 1. The van der Waals surface area contributed by atoms with Crippen LogP contribution in [-0.2, 0) is 9.59 Å². The fourth-order valence-corrected chi connectivity index (χ4v) is 2.52. The van der Waals surface area contributed by atoms with E-state index < -0.39 is 0 Å². The van der Waals surface area contributed by atoms with E-state index in [1.165, 1.54) is 6.42 Å². The second kappa shape index (κ2) is 6.95. The molecule has 2 aliphatic heterocycles. The van der Waals surface area contributed by atoms with E-state index in [2.05, 4.69) is 5.32 Å². The molecular weight excluding hydrogens is 254 g/mol. The molecule has 0 aromatic heterocycles. The Hall–Kier alpha value is -0.810. The zero-order valence-corrected chi connectivity index (χ0v) is 11.7. The highest BCUT2D eigenvalue weighted by atomic mass is 35.5. The summed E-state index contributed by atoms with van der Waals surface area (Å²) in [6.07, 6.45) is 3.25. The summed E-state index contributed by atoms with van der Waals surface area (Å²) in [4.78, 5) is 27.1. The summed E-state index contributed by atoms with van der Waals surface area (Å²) >= 11 is 0. The van der Waals surface area contributed by atoms with Gasteiger partial charge in [-0.1, -0.05) is 6.42 Å². The molecule has 104 valence electrons. The minimum atomic E-state index is 0. The van der Waals surface area contributed by atoms with Gasteiger partial charge in [0.05, 0.1) is 6.04 Å². The molecule has 0 unspecified atom stereocenters. The van der Waals surface area contributed by atoms with Crippen LogP contribution in [-0.4, -0.2) is 60.4 Å². The average Bonchev–Trinajstić information content (AvgIpc) is 2.39. The zero-order valence-electron chi connectivity index (χ0n) is 10.9. The molecular formula is C12H22ClN3O2. The lowest BCUT2D eigenvalue weighted by Crippen LogP contribution is -2.55. The number of hydrogen-bond acceptors (Lipinski definition) is 3. The Balaban J connectivity index is 0.00000162. The Labute approximate surface area is 114 Å². The van der Waals surface area contributed by atoms with Crippen molar-refractivity contribution >= 4 is 24.2 Å². The first-order chi connectivity index (χ1) is 8.18. The summed E-state index contributed by atoms with van der Waals surface area (Å²) in [5.41, 5.74) is 0. The largest absolute Gasteiger partial charge is 0.339 e. The number of amides is 2. The molecule has 0 aromatic carbocycles. The van der Waals surface area contributed by atoms with Crippen LogP contribution in [0.4, 0.5) is 0 Å². The summed E-state index contributed by atoms with van der Waals surface area (Å²) in [7, 11) is 0. The van der Waals surface area contributed by atoms with Crippen molar-refractivity contribution in [3.8, 4) is 0 Å². The number of carbonyl (C=O) groups is 2. The fourth-order valence-electron chi connectivity index (χ4n) is 2.52. The van der Waals surface area contributed by atoms with Crippen molar-refractivity contribution in [3.63, 3.8) is 0 Å². The summed E-state index contributed by atoms with van der Waals surface area (Å²) in [5.74, 6) is 0.320. The molecule has 2 heterocycles. The highest BCUT2D eigenvalue weighted by Crippen LogP contribution is 2.11. The normalized spacial score (nSPS) is 24.4. The quantitative estimate of drug-likeness (QED) is 0.746. The highest BCUT2D eigenvalue weighted by Gasteiger charge is 2.28. The van der Waals surface area contributed by atoms with Gasteiger partial charge in [0, 0.05) is 33.1 Å². The van der Waals surface area contributed by atoms with Gasteiger partial charge in [-0.2, -0.15) is 0 Å². The third-order valence-corrected chi connectivity index (χ3v) is 3.65. The van der Waals surface area contributed by atoms with Gasteiger partial charge in [0.1, 0.15) is 0 Å². The Morgan fingerprint density at radius 1 is 1.06 bits per heavy atom. The van der Waals surface area contributed by atoms with E-state index >= 15 is 0 Å². The minimum Gasteiger partial charge on any atom is -0.339 e. The molecule has 0 aromatic rings. The van der Waals surface area contributed by atoms with Crippen molar-refractivity contribution in [2.45, 2.75) is 32.2 Å². The predicted octanol–water partition coefficient (Wildman–Crippen LogP) is 0.241. The number of halogens is 1. The molecule has 0 spiro atoms. The second-order valence-corrected chi connectivity index (χ2v) is 4.83. The fraction of sp³-hybridized carbons (Fsp3) is 0.833. The Kier molecular flexibility index (Phi) is 5.88. The molecule has 0 saturated carbocycles. The van der Waals surface area contributed by atoms with Crippen LogP contribution >= 0.6 is 12.4 Å². The molecule has 0 radical (unpaired) electrons. The van der Waals surface area contributed by atoms with Crippen LogP contribution in [0.2, 0.25) is 0 Å². The molecule has 2 fully saturated rings. The first kappa shape index (κ1) is 15.2. The maximum absolute atomic E-state index is 12.2. The van der Waals surface area contributed by atoms with Crippen LogP contribution in [0.25, 0.3) is 0 Å².